The normalized spacial score (nSPS) is 11.8. The molecule has 6 heteroatoms. The van der Waals surface area contributed by atoms with Gasteiger partial charge in [-0.1, -0.05) is 255 Å². The molecule has 26 rings (SSSR count). The van der Waals surface area contributed by atoms with E-state index in [2.05, 4.69) is 477 Å². The maximum atomic E-state index is 2.48. The minimum absolute atomic E-state index is 1.17. The number of hydrogen-bond acceptors (Lipinski definition) is 0. The van der Waals surface area contributed by atoms with Crippen molar-refractivity contribution in [3.05, 3.63) is 449 Å². The Labute approximate surface area is 691 Å². The number of rotatable bonds is 8. The van der Waals surface area contributed by atoms with Gasteiger partial charge in [0.05, 0.1) is 55.3 Å². The summed E-state index contributed by atoms with van der Waals surface area (Å²) in [4.78, 5) is 0. The first kappa shape index (κ1) is 68.4. The van der Waals surface area contributed by atoms with E-state index in [4.69, 9.17) is 0 Å². The van der Waals surface area contributed by atoms with Gasteiger partial charge >= 0.3 is 0 Å². The van der Waals surface area contributed by atoms with Crippen LogP contribution in [0.1, 0.15) is 0 Å². The van der Waals surface area contributed by atoms with Crippen LogP contribution in [0.5, 0.6) is 0 Å². The molecule has 6 heterocycles. The van der Waals surface area contributed by atoms with E-state index in [0.717, 1.165) is 0 Å². The summed E-state index contributed by atoms with van der Waals surface area (Å²) in [5.74, 6) is 0. The minimum Gasteiger partial charge on any atom is -0.317 e. The van der Waals surface area contributed by atoms with Gasteiger partial charge in [0.15, 0.2) is 0 Å². The van der Waals surface area contributed by atoms with E-state index >= 15 is 0 Å². The second-order valence-corrected chi connectivity index (χ2v) is 31.6. The Bertz CT molecular complexity index is 8530. The Morgan fingerprint density at radius 1 is 0.133 bits per heavy atom. The van der Waals surface area contributed by atoms with Crippen LogP contribution in [-0.2, 0) is 0 Å². The molecule has 6 aromatic heterocycles. The van der Waals surface area contributed by atoms with Crippen molar-refractivity contribution in [1.82, 2.24) is 27.4 Å². The van der Waals surface area contributed by atoms with E-state index in [1.807, 2.05) is 0 Å². The summed E-state index contributed by atoms with van der Waals surface area (Å²) in [6.45, 7) is 0. The standard InChI is InChI=1S/2C40H26N2.C34H22N2/c1-2-12-33(13-3-1)41-22-21-36-37(41)19-20-39-40(36)35-15-6-7-16-38(35)42(39)34-14-8-11-29(26-34)30-17-18-31-23-27-9-4-5-10-28(27)24-32(31)25-30;1-2-10-33(11-3-1)41-23-22-36-37(41)20-21-39-40(36)35-12-6-7-13-38(35)42(39)34-18-16-27(17-19-34)30-14-15-31-24-28-8-4-5-9-29(28)25-32(31)26-30;1-2-12-25(13-3-1)35-21-20-29-30(35)18-19-32-33(29)28-16-8-9-17-31(28)36(32)34-26-14-6-4-10-23(26)22-24-11-5-7-15-27(24)34/h2*1-26H;1-22H. The summed E-state index contributed by atoms with van der Waals surface area (Å²) < 4.78 is 14.2. The third-order valence-electron chi connectivity index (χ3n) is 24.9. The van der Waals surface area contributed by atoms with E-state index in [1.165, 1.54) is 219 Å². The first-order valence-corrected chi connectivity index (χ1v) is 41.3. The van der Waals surface area contributed by atoms with Crippen molar-refractivity contribution in [3.8, 4) is 56.4 Å². The lowest BCUT2D eigenvalue weighted by atomic mass is 9.98. The first-order valence-electron chi connectivity index (χ1n) is 41.3. The van der Waals surface area contributed by atoms with Crippen molar-refractivity contribution >= 4 is 163 Å². The molecule has 0 amide bonds. The van der Waals surface area contributed by atoms with Crippen LogP contribution in [0.3, 0.4) is 0 Å². The van der Waals surface area contributed by atoms with E-state index in [0.29, 0.717) is 0 Å². The molecular formula is C114H74N6. The Kier molecular flexibility index (Phi) is 15.9. The molecule has 26 aromatic rings. The summed E-state index contributed by atoms with van der Waals surface area (Å²) in [5, 5.41) is 26.7. The molecule has 20 aromatic carbocycles. The van der Waals surface area contributed by atoms with E-state index in [-0.39, 0.29) is 0 Å². The first-order chi connectivity index (χ1) is 59.5. The zero-order valence-electron chi connectivity index (χ0n) is 65.4. The molecule has 0 aliphatic rings. The molecule has 0 fully saturated rings. The Morgan fingerprint density at radius 3 is 0.858 bits per heavy atom. The van der Waals surface area contributed by atoms with Crippen LogP contribution in [0.2, 0.25) is 0 Å². The van der Waals surface area contributed by atoms with E-state index < -0.39 is 0 Å². The summed E-state index contributed by atoms with van der Waals surface area (Å²) in [5.41, 5.74) is 23.0. The zero-order chi connectivity index (χ0) is 78.9. The highest BCUT2D eigenvalue weighted by atomic mass is 15.0. The zero-order valence-corrected chi connectivity index (χ0v) is 65.4. The van der Waals surface area contributed by atoms with Gasteiger partial charge in [-0.2, -0.15) is 0 Å². The quantitative estimate of drug-likeness (QED) is 0.136. The second-order valence-electron chi connectivity index (χ2n) is 31.6. The van der Waals surface area contributed by atoms with E-state index in [1.54, 1.807) is 0 Å². The predicted octanol–water partition coefficient (Wildman–Crippen LogP) is 30.4. The third kappa shape index (κ3) is 11.2. The van der Waals surface area contributed by atoms with Crippen LogP contribution in [0.25, 0.3) is 219 Å². The van der Waals surface area contributed by atoms with Gasteiger partial charge in [0.1, 0.15) is 0 Å². The Morgan fingerprint density at radius 2 is 0.425 bits per heavy atom. The van der Waals surface area contributed by atoms with Gasteiger partial charge in [-0.3, -0.25) is 0 Å². The van der Waals surface area contributed by atoms with Crippen LogP contribution in [0.4, 0.5) is 0 Å². The molecule has 6 nitrogen and oxygen atoms in total. The minimum atomic E-state index is 1.17. The molecule has 120 heavy (non-hydrogen) atoms. The number of benzene rings is 20. The van der Waals surface area contributed by atoms with Crippen LogP contribution < -0.4 is 0 Å². The van der Waals surface area contributed by atoms with Gasteiger partial charge in [0.2, 0.25) is 0 Å². The van der Waals surface area contributed by atoms with Crippen LogP contribution in [0.15, 0.2) is 449 Å². The fraction of sp³-hybridized carbons (Fsp3) is 0. The second kappa shape index (κ2) is 27.9. The number of nitrogens with zero attached hydrogens (tertiary/aromatic N) is 6. The van der Waals surface area contributed by atoms with Gasteiger partial charge in [-0.05, 0) is 252 Å². The smallest absolute Gasteiger partial charge is 0.0618 e. The summed E-state index contributed by atoms with van der Waals surface area (Å²) in [7, 11) is 0. The van der Waals surface area contributed by atoms with Gasteiger partial charge in [-0.15, -0.1) is 0 Å². The number of fused-ring (bicyclic) bond motifs is 21. The van der Waals surface area contributed by atoms with E-state index in [9.17, 15) is 0 Å². The molecule has 0 radical (unpaired) electrons. The topological polar surface area (TPSA) is 29.6 Å². The molecular weight excluding hydrogens is 1450 g/mol. The summed E-state index contributed by atoms with van der Waals surface area (Å²) in [6, 6.07) is 156. The van der Waals surface area contributed by atoms with Gasteiger partial charge < -0.3 is 27.4 Å². The summed E-state index contributed by atoms with van der Waals surface area (Å²) >= 11 is 0. The van der Waals surface area contributed by atoms with Crippen LogP contribution in [0, 0.1) is 0 Å². The molecule has 560 valence electrons. The highest BCUT2D eigenvalue weighted by Crippen LogP contribution is 2.45. The number of para-hydroxylation sites is 6. The maximum absolute atomic E-state index is 2.48. The molecule has 0 aliphatic carbocycles. The number of aromatic nitrogens is 6. The maximum Gasteiger partial charge on any atom is 0.0618 e. The van der Waals surface area contributed by atoms with Crippen molar-refractivity contribution in [2.24, 2.45) is 0 Å². The van der Waals surface area contributed by atoms with Crippen molar-refractivity contribution in [1.29, 1.82) is 0 Å². The predicted molar refractivity (Wildman–Crippen MR) is 509 cm³/mol. The third-order valence-corrected chi connectivity index (χ3v) is 24.9. The molecule has 0 atom stereocenters. The average molecular weight is 1530 g/mol. The van der Waals surface area contributed by atoms with Crippen molar-refractivity contribution in [3.63, 3.8) is 0 Å². The molecule has 0 spiro atoms. The lowest BCUT2D eigenvalue weighted by Crippen LogP contribution is -1.97. The molecule has 0 N–H and O–H groups in total. The lowest BCUT2D eigenvalue weighted by Gasteiger charge is -2.15. The molecule has 0 bridgehead atoms. The molecule has 0 saturated heterocycles. The monoisotopic (exact) mass is 1530 g/mol. The number of hydrogen-bond donors (Lipinski definition) is 0. The summed E-state index contributed by atoms with van der Waals surface area (Å²) in [6.07, 6.45) is 6.57. The fourth-order valence-corrected chi connectivity index (χ4v) is 19.4. The van der Waals surface area contributed by atoms with Gasteiger partial charge in [-0.25, -0.2) is 0 Å². The largest absolute Gasteiger partial charge is 0.317 e. The van der Waals surface area contributed by atoms with Crippen molar-refractivity contribution in [2.45, 2.75) is 0 Å². The highest BCUT2D eigenvalue weighted by Gasteiger charge is 2.23. The van der Waals surface area contributed by atoms with Gasteiger partial charge in [0.25, 0.3) is 0 Å². The fourth-order valence-electron chi connectivity index (χ4n) is 19.4. The lowest BCUT2D eigenvalue weighted by molar-refractivity contribution is 1.13. The van der Waals surface area contributed by atoms with Crippen molar-refractivity contribution < 1.29 is 0 Å². The highest BCUT2D eigenvalue weighted by molar-refractivity contribution is 6.25. The van der Waals surface area contributed by atoms with Crippen LogP contribution >= 0.6 is 0 Å². The average Bonchev–Trinajstić information content (AvgIpc) is 1.56. The Hall–Kier alpha value is -16.0. The van der Waals surface area contributed by atoms with Crippen LogP contribution in [-0.4, -0.2) is 27.4 Å². The Balaban J connectivity index is 0.000000103. The molecule has 0 saturated carbocycles. The van der Waals surface area contributed by atoms with Crippen molar-refractivity contribution in [2.75, 3.05) is 0 Å². The molecule has 0 aliphatic heterocycles. The molecule has 0 unspecified atom stereocenters. The SMILES string of the molecule is c1ccc(-n2ccc3c4c5ccccc5n(-c5c6ccccc6cc6ccccc56)c4ccc32)cc1.c1ccc(-n2ccc3c4c5ccccc5n(-c5ccc(-c6ccc7cc8ccccc8cc7c6)cc5)c4ccc32)cc1.c1ccc(-n2ccc3c4c5ccccc5n(-c5cccc(-c6ccc7cc8ccccc8cc7c6)c5)c4ccc32)cc1. The van der Waals surface area contributed by atoms with Gasteiger partial charge in [0, 0.05) is 106 Å².